The lowest BCUT2D eigenvalue weighted by atomic mass is 10.0. The summed E-state index contributed by atoms with van der Waals surface area (Å²) in [5.74, 6) is -2.30. The van der Waals surface area contributed by atoms with Gasteiger partial charge in [-0.3, -0.25) is 9.59 Å². The zero-order valence-electron chi connectivity index (χ0n) is 26.2. The van der Waals surface area contributed by atoms with Crippen molar-refractivity contribution in [3.05, 3.63) is 23.5 Å². The summed E-state index contributed by atoms with van der Waals surface area (Å²) in [6.45, 7) is 9.59. The number of alkyl carbamates (subject to hydrolysis) is 1. The van der Waals surface area contributed by atoms with Crippen LogP contribution in [0.1, 0.15) is 110 Å². The Labute approximate surface area is 254 Å². The average molecular weight is 601 g/mol. The number of ether oxygens (including phenoxy) is 1. The predicted molar refractivity (Wildman–Crippen MR) is 159 cm³/mol. The number of carboxylic acids is 1. The highest BCUT2D eigenvalue weighted by molar-refractivity contribution is 5.96. The number of nitrogens with one attached hydrogen (secondary N) is 2. The lowest BCUT2D eigenvalue weighted by molar-refractivity contribution is -0.145. The number of rotatable bonds is 7. The van der Waals surface area contributed by atoms with Crippen LogP contribution < -0.4 is 10.6 Å². The Hall–Kier alpha value is -3.44. The Bertz CT molecular complexity index is 1200. The van der Waals surface area contributed by atoms with Crippen molar-refractivity contribution in [2.75, 3.05) is 6.54 Å². The number of hydrogen-bond donors (Lipinski definition) is 3. The highest BCUT2D eigenvalue weighted by Crippen LogP contribution is 2.45. The number of amides is 3. The number of nitrogens with zero attached hydrogens (tertiary/aromatic N) is 4. The number of hydrogen-bond acceptors (Lipinski definition) is 7. The number of carbonyl (C=O) groups excluding carboxylic acids is 3. The number of fused-ring (bicyclic) bond motifs is 2. The summed E-state index contributed by atoms with van der Waals surface area (Å²) in [4.78, 5) is 56.2. The summed E-state index contributed by atoms with van der Waals surface area (Å²) in [5.41, 5.74) is -0.288. The maximum absolute atomic E-state index is 14.2. The number of carboxylic acid groups (broad SMARTS) is 1. The molecule has 0 radical (unpaired) electrons. The summed E-state index contributed by atoms with van der Waals surface area (Å²) in [5, 5.41) is 25.2. The van der Waals surface area contributed by atoms with Gasteiger partial charge in [-0.15, -0.1) is 0 Å². The first kappa shape index (κ1) is 32.5. The maximum Gasteiger partial charge on any atom is 0.408 e. The second-order valence-electron chi connectivity index (χ2n) is 13.2. The second kappa shape index (κ2) is 13.5. The van der Waals surface area contributed by atoms with Gasteiger partial charge in [0.1, 0.15) is 23.2 Å². The Kier molecular flexibility index (Phi) is 10.2. The monoisotopic (exact) mass is 600 g/mol. The summed E-state index contributed by atoms with van der Waals surface area (Å²) in [6.07, 6.45) is 10.7. The van der Waals surface area contributed by atoms with Gasteiger partial charge in [0.25, 0.3) is 0 Å². The van der Waals surface area contributed by atoms with Crippen LogP contribution >= 0.6 is 0 Å². The number of aliphatic carboxylic acids is 1. The molecular formula is C31H48N6O6. The zero-order valence-corrected chi connectivity index (χ0v) is 26.2. The molecule has 3 heterocycles. The summed E-state index contributed by atoms with van der Waals surface area (Å²) >= 11 is 0. The molecular weight excluding hydrogens is 552 g/mol. The van der Waals surface area contributed by atoms with E-state index in [9.17, 15) is 24.3 Å². The minimum Gasteiger partial charge on any atom is -0.479 e. The SMILES string of the molecule is CCCc1nn([C@H]2C[C@H]3C(=O)N[C@@]4(C(=O)O)C[C@H]4/C=C\CCCCC[C@@H](NC(=O)OC(C)(C)C)C(=O)N3C2)nc1CCC. The molecule has 1 saturated heterocycles. The van der Waals surface area contributed by atoms with E-state index in [2.05, 4.69) is 24.5 Å². The van der Waals surface area contributed by atoms with Gasteiger partial charge in [-0.1, -0.05) is 51.7 Å². The van der Waals surface area contributed by atoms with Gasteiger partial charge in [0.15, 0.2) is 0 Å². The lowest BCUT2D eigenvalue weighted by Crippen LogP contribution is -2.56. The predicted octanol–water partition coefficient (Wildman–Crippen LogP) is 3.70. The van der Waals surface area contributed by atoms with Gasteiger partial charge in [-0.25, -0.2) is 9.59 Å². The topological polar surface area (TPSA) is 156 Å². The van der Waals surface area contributed by atoms with Crippen LogP contribution in [0.2, 0.25) is 0 Å². The normalized spacial score (nSPS) is 29.0. The molecule has 0 bridgehead atoms. The summed E-state index contributed by atoms with van der Waals surface area (Å²) in [7, 11) is 0. The van der Waals surface area contributed by atoms with Crippen molar-refractivity contribution < 1.29 is 29.0 Å². The lowest BCUT2D eigenvalue weighted by Gasteiger charge is -2.30. The average Bonchev–Trinajstić information content (AvgIpc) is 3.24. The van der Waals surface area contributed by atoms with Crippen molar-refractivity contribution in [3.8, 4) is 0 Å². The van der Waals surface area contributed by atoms with Crippen molar-refractivity contribution in [3.63, 3.8) is 0 Å². The highest BCUT2D eigenvalue weighted by Gasteiger charge is 2.61. The number of allylic oxidation sites excluding steroid dienone is 1. The van der Waals surface area contributed by atoms with Crippen LogP contribution in [0, 0.1) is 5.92 Å². The maximum atomic E-state index is 14.2. The van der Waals surface area contributed by atoms with Crippen molar-refractivity contribution >= 4 is 23.9 Å². The fraction of sp³-hybridized carbons (Fsp3) is 0.742. The molecule has 12 heteroatoms. The van der Waals surface area contributed by atoms with Gasteiger partial charge < -0.3 is 25.4 Å². The molecule has 0 spiro atoms. The molecule has 5 atom stereocenters. The van der Waals surface area contributed by atoms with Crippen LogP contribution in [0.5, 0.6) is 0 Å². The molecule has 12 nitrogen and oxygen atoms in total. The molecule has 4 rings (SSSR count). The van der Waals surface area contributed by atoms with E-state index in [0.717, 1.165) is 56.3 Å². The van der Waals surface area contributed by atoms with Crippen LogP contribution in [-0.2, 0) is 32.0 Å². The van der Waals surface area contributed by atoms with E-state index in [0.29, 0.717) is 19.3 Å². The molecule has 1 aliphatic carbocycles. The molecule has 3 aliphatic rings. The zero-order chi connectivity index (χ0) is 31.4. The Morgan fingerprint density at radius 1 is 1.12 bits per heavy atom. The van der Waals surface area contributed by atoms with E-state index >= 15 is 0 Å². The molecule has 2 aliphatic heterocycles. The van der Waals surface area contributed by atoms with Crippen LogP contribution in [0.25, 0.3) is 0 Å². The van der Waals surface area contributed by atoms with E-state index in [1.807, 2.05) is 12.2 Å². The first-order valence-electron chi connectivity index (χ1n) is 15.8. The van der Waals surface area contributed by atoms with Crippen LogP contribution in [0.3, 0.4) is 0 Å². The van der Waals surface area contributed by atoms with E-state index in [-0.39, 0.29) is 24.9 Å². The molecule has 1 aromatic heterocycles. The standard InChI is InChI=1S/C31H48N6O6/c1-6-13-22-23(14-7-2)35-37(34-22)21-17-25-26(38)33-31(28(40)41)18-20(31)15-11-9-8-10-12-16-24(27(39)36(25)19-21)32-29(42)43-30(3,4)5/h11,15,20-21,24-25H,6-10,12-14,16-19H2,1-5H3,(H,32,42)(H,33,38)(H,40,41)/b15-11-/t20-,21+,24-,25+,31+/m1/s1. The number of aryl methyl sites for hydroxylation is 2. The molecule has 0 aromatic carbocycles. The molecule has 43 heavy (non-hydrogen) atoms. The second-order valence-corrected chi connectivity index (χ2v) is 13.2. The molecule has 2 fully saturated rings. The van der Waals surface area contributed by atoms with E-state index < -0.39 is 47.1 Å². The third-order valence-electron chi connectivity index (χ3n) is 8.41. The first-order chi connectivity index (χ1) is 20.4. The Morgan fingerprint density at radius 3 is 2.40 bits per heavy atom. The third-order valence-corrected chi connectivity index (χ3v) is 8.41. The van der Waals surface area contributed by atoms with Gasteiger partial charge >= 0.3 is 12.1 Å². The summed E-state index contributed by atoms with van der Waals surface area (Å²) < 4.78 is 5.46. The minimum absolute atomic E-state index is 0.165. The molecule has 3 amide bonds. The third kappa shape index (κ3) is 7.75. The quantitative estimate of drug-likeness (QED) is 0.400. The molecule has 1 aromatic rings. The van der Waals surface area contributed by atoms with E-state index in [4.69, 9.17) is 14.9 Å². The van der Waals surface area contributed by atoms with Gasteiger partial charge in [0.2, 0.25) is 11.8 Å². The number of carbonyl (C=O) groups is 4. The van der Waals surface area contributed by atoms with Crippen molar-refractivity contribution in [2.24, 2.45) is 5.92 Å². The fourth-order valence-corrected chi connectivity index (χ4v) is 6.11. The van der Waals surface area contributed by atoms with Crippen LogP contribution in [-0.4, -0.2) is 78.6 Å². The fourth-order valence-electron chi connectivity index (χ4n) is 6.11. The van der Waals surface area contributed by atoms with Crippen molar-refractivity contribution in [1.82, 2.24) is 30.5 Å². The minimum atomic E-state index is -1.39. The molecule has 3 N–H and O–H groups in total. The first-order valence-corrected chi connectivity index (χ1v) is 15.8. The van der Waals surface area contributed by atoms with Crippen molar-refractivity contribution in [1.29, 1.82) is 0 Å². The molecule has 238 valence electrons. The number of aromatic nitrogens is 3. The van der Waals surface area contributed by atoms with Crippen LogP contribution in [0.4, 0.5) is 4.79 Å². The highest BCUT2D eigenvalue weighted by atomic mass is 16.6. The van der Waals surface area contributed by atoms with Crippen LogP contribution in [0.15, 0.2) is 12.2 Å². The van der Waals surface area contributed by atoms with Gasteiger partial charge in [-0.05, 0) is 59.3 Å². The molecule has 1 saturated carbocycles. The van der Waals surface area contributed by atoms with Gasteiger partial charge in [0, 0.05) is 18.9 Å². The van der Waals surface area contributed by atoms with E-state index in [1.54, 1.807) is 25.6 Å². The molecule has 0 unspecified atom stereocenters. The van der Waals surface area contributed by atoms with Crippen molar-refractivity contribution in [2.45, 2.75) is 135 Å². The Balaban J connectivity index is 1.66. The van der Waals surface area contributed by atoms with E-state index in [1.165, 1.54) is 4.90 Å². The smallest absolute Gasteiger partial charge is 0.408 e. The largest absolute Gasteiger partial charge is 0.479 e. The summed E-state index contributed by atoms with van der Waals surface area (Å²) in [6, 6.07) is -2.22. The Morgan fingerprint density at radius 2 is 1.79 bits per heavy atom. The van der Waals surface area contributed by atoms with Gasteiger partial charge in [-0.2, -0.15) is 15.0 Å². The van der Waals surface area contributed by atoms with Gasteiger partial charge in [0.05, 0.1) is 17.4 Å².